The average Bonchev–Trinajstić information content (AvgIpc) is 2.26. The SMILES string of the molecule is COc1c(SC)ccc(C(C)N)c1OC. The molecule has 0 radical (unpaired) electrons. The monoisotopic (exact) mass is 227 g/mol. The Morgan fingerprint density at radius 3 is 2.20 bits per heavy atom. The van der Waals surface area contributed by atoms with Gasteiger partial charge in [0.1, 0.15) is 0 Å². The molecule has 0 fully saturated rings. The third-order valence-corrected chi connectivity index (χ3v) is 2.99. The minimum Gasteiger partial charge on any atom is -0.492 e. The molecule has 0 saturated heterocycles. The number of benzene rings is 1. The minimum absolute atomic E-state index is 0.0650. The molecule has 3 nitrogen and oxygen atoms in total. The van der Waals surface area contributed by atoms with E-state index in [9.17, 15) is 0 Å². The fourth-order valence-corrected chi connectivity index (χ4v) is 2.05. The lowest BCUT2D eigenvalue weighted by Gasteiger charge is -2.17. The summed E-state index contributed by atoms with van der Waals surface area (Å²) in [6, 6.07) is 3.92. The molecule has 1 aromatic carbocycles. The van der Waals surface area contributed by atoms with Crippen molar-refractivity contribution >= 4 is 11.8 Å². The molecule has 0 spiro atoms. The van der Waals surface area contributed by atoms with Gasteiger partial charge in [0, 0.05) is 11.6 Å². The van der Waals surface area contributed by atoms with Crippen LogP contribution in [0, 0.1) is 0 Å². The molecule has 0 bridgehead atoms. The van der Waals surface area contributed by atoms with Gasteiger partial charge in [0.05, 0.1) is 19.1 Å². The number of methoxy groups -OCH3 is 2. The molecule has 1 unspecified atom stereocenters. The second-order valence-corrected chi connectivity index (χ2v) is 4.06. The Labute approximate surface area is 94.9 Å². The van der Waals surface area contributed by atoms with Crippen molar-refractivity contribution in [3.05, 3.63) is 17.7 Å². The number of hydrogen-bond acceptors (Lipinski definition) is 4. The average molecular weight is 227 g/mol. The van der Waals surface area contributed by atoms with Crippen LogP contribution in [-0.4, -0.2) is 20.5 Å². The highest BCUT2D eigenvalue weighted by molar-refractivity contribution is 7.98. The van der Waals surface area contributed by atoms with Gasteiger partial charge >= 0.3 is 0 Å². The smallest absolute Gasteiger partial charge is 0.174 e. The van der Waals surface area contributed by atoms with Gasteiger partial charge in [0.25, 0.3) is 0 Å². The van der Waals surface area contributed by atoms with Crippen LogP contribution in [0.15, 0.2) is 17.0 Å². The van der Waals surface area contributed by atoms with Gasteiger partial charge < -0.3 is 15.2 Å². The first-order chi connectivity index (χ1) is 7.15. The van der Waals surface area contributed by atoms with Crippen LogP contribution in [0.4, 0.5) is 0 Å². The van der Waals surface area contributed by atoms with Gasteiger partial charge in [-0.3, -0.25) is 0 Å². The summed E-state index contributed by atoms with van der Waals surface area (Å²) >= 11 is 1.62. The van der Waals surface area contributed by atoms with Crippen LogP contribution in [0.3, 0.4) is 0 Å². The predicted octanol–water partition coefficient (Wildman–Crippen LogP) is 2.45. The molecule has 0 amide bonds. The molecule has 15 heavy (non-hydrogen) atoms. The summed E-state index contributed by atoms with van der Waals surface area (Å²) in [7, 11) is 3.27. The van der Waals surface area contributed by atoms with Crippen LogP contribution >= 0.6 is 11.8 Å². The fraction of sp³-hybridized carbons (Fsp3) is 0.455. The second-order valence-electron chi connectivity index (χ2n) is 3.21. The first kappa shape index (κ1) is 12.2. The van der Waals surface area contributed by atoms with E-state index >= 15 is 0 Å². The number of hydrogen-bond donors (Lipinski definition) is 1. The Kier molecular flexibility index (Phi) is 4.29. The number of thioether (sulfide) groups is 1. The lowest BCUT2D eigenvalue weighted by molar-refractivity contribution is 0.343. The van der Waals surface area contributed by atoms with Crippen LogP contribution in [0.5, 0.6) is 11.5 Å². The molecule has 0 aromatic heterocycles. The Hall–Kier alpha value is -0.870. The Balaban J connectivity index is 3.34. The van der Waals surface area contributed by atoms with Gasteiger partial charge in [-0.15, -0.1) is 11.8 Å². The van der Waals surface area contributed by atoms with E-state index in [0.717, 1.165) is 22.0 Å². The van der Waals surface area contributed by atoms with E-state index in [-0.39, 0.29) is 6.04 Å². The van der Waals surface area contributed by atoms with Crippen molar-refractivity contribution in [2.45, 2.75) is 17.9 Å². The highest BCUT2D eigenvalue weighted by Crippen LogP contribution is 2.40. The predicted molar refractivity (Wildman–Crippen MR) is 63.9 cm³/mol. The molecule has 0 aliphatic carbocycles. The summed E-state index contributed by atoms with van der Waals surface area (Å²) in [5, 5.41) is 0. The minimum atomic E-state index is -0.0650. The normalized spacial score (nSPS) is 12.3. The van der Waals surface area contributed by atoms with Crippen molar-refractivity contribution in [3.8, 4) is 11.5 Å². The van der Waals surface area contributed by atoms with Crippen LogP contribution in [-0.2, 0) is 0 Å². The molecule has 2 N–H and O–H groups in total. The zero-order valence-electron chi connectivity index (χ0n) is 9.53. The maximum Gasteiger partial charge on any atom is 0.174 e. The van der Waals surface area contributed by atoms with Gasteiger partial charge in [0.2, 0.25) is 0 Å². The van der Waals surface area contributed by atoms with Crippen molar-refractivity contribution in [2.75, 3.05) is 20.5 Å². The number of ether oxygens (including phenoxy) is 2. The molecule has 0 saturated carbocycles. The summed E-state index contributed by atoms with van der Waals surface area (Å²) in [5.74, 6) is 1.50. The molecule has 4 heteroatoms. The lowest BCUT2D eigenvalue weighted by Crippen LogP contribution is -2.08. The van der Waals surface area contributed by atoms with Crippen molar-refractivity contribution in [1.82, 2.24) is 0 Å². The topological polar surface area (TPSA) is 44.5 Å². The van der Waals surface area contributed by atoms with E-state index in [4.69, 9.17) is 15.2 Å². The fourth-order valence-electron chi connectivity index (χ4n) is 1.48. The molecular formula is C11H17NO2S. The summed E-state index contributed by atoms with van der Waals surface area (Å²) in [6.45, 7) is 1.93. The largest absolute Gasteiger partial charge is 0.492 e. The summed E-state index contributed by atoms with van der Waals surface area (Å²) < 4.78 is 10.7. The van der Waals surface area contributed by atoms with Crippen LogP contribution < -0.4 is 15.2 Å². The molecule has 1 atom stereocenters. The lowest BCUT2D eigenvalue weighted by atomic mass is 10.1. The molecule has 0 aliphatic rings. The number of rotatable bonds is 4. The maximum absolute atomic E-state index is 5.86. The molecule has 0 aliphatic heterocycles. The first-order valence-corrected chi connectivity index (χ1v) is 5.92. The van der Waals surface area contributed by atoms with E-state index in [1.807, 2.05) is 25.3 Å². The molecule has 1 rings (SSSR count). The Morgan fingerprint density at radius 1 is 1.20 bits per heavy atom. The van der Waals surface area contributed by atoms with Crippen LogP contribution in [0.1, 0.15) is 18.5 Å². The zero-order chi connectivity index (χ0) is 11.4. The third-order valence-electron chi connectivity index (χ3n) is 2.23. The zero-order valence-corrected chi connectivity index (χ0v) is 10.4. The third kappa shape index (κ3) is 2.38. The second kappa shape index (κ2) is 5.28. The van der Waals surface area contributed by atoms with E-state index in [2.05, 4.69) is 0 Å². The van der Waals surface area contributed by atoms with Crippen molar-refractivity contribution in [1.29, 1.82) is 0 Å². The molecular weight excluding hydrogens is 210 g/mol. The summed E-state index contributed by atoms with van der Waals surface area (Å²) in [6.07, 6.45) is 2.00. The van der Waals surface area contributed by atoms with E-state index in [0.29, 0.717) is 0 Å². The van der Waals surface area contributed by atoms with Gasteiger partial charge in [-0.25, -0.2) is 0 Å². The Bertz CT molecular complexity index is 340. The quantitative estimate of drug-likeness (QED) is 0.802. The molecule has 1 aromatic rings. The standard InChI is InChI=1S/C11H17NO2S/c1-7(12)8-5-6-9(15-4)11(14-3)10(8)13-2/h5-7H,12H2,1-4H3. The maximum atomic E-state index is 5.86. The van der Waals surface area contributed by atoms with Gasteiger partial charge in [-0.2, -0.15) is 0 Å². The van der Waals surface area contributed by atoms with Crippen LogP contribution in [0.2, 0.25) is 0 Å². The van der Waals surface area contributed by atoms with Crippen molar-refractivity contribution < 1.29 is 9.47 Å². The van der Waals surface area contributed by atoms with E-state index < -0.39 is 0 Å². The highest BCUT2D eigenvalue weighted by Gasteiger charge is 2.16. The summed E-state index contributed by atoms with van der Waals surface area (Å²) in [5.41, 5.74) is 6.83. The van der Waals surface area contributed by atoms with Crippen LogP contribution in [0.25, 0.3) is 0 Å². The first-order valence-electron chi connectivity index (χ1n) is 4.70. The summed E-state index contributed by atoms with van der Waals surface area (Å²) in [4.78, 5) is 1.05. The highest BCUT2D eigenvalue weighted by atomic mass is 32.2. The van der Waals surface area contributed by atoms with Gasteiger partial charge in [-0.05, 0) is 19.2 Å². The van der Waals surface area contributed by atoms with Gasteiger partial charge in [0.15, 0.2) is 11.5 Å². The Morgan fingerprint density at radius 2 is 1.80 bits per heavy atom. The number of nitrogens with two attached hydrogens (primary N) is 1. The van der Waals surface area contributed by atoms with Gasteiger partial charge in [-0.1, -0.05) is 6.07 Å². The van der Waals surface area contributed by atoms with E-state index in [1.165, 1.54) is 0 Å². The molecule has 84 valence electrons. The molecule has 0 heterocycles. The van der Waals surface area contributed by atoms with E-state index in [1.54, 1.807) is 26.0 Å². The van der Waals surface area contributed by atoms with Crippen molar-refractivity contribution in [3.63, 3.8) is 0 Å². The van der Waals surface area contributed by atoms with Crippen molar-refractivity contribution in [2.24, 2.45) is 5.73 Å².